The van der Waals surface area contributed by atoms with Crippen molar-refractivity contribution in [3.05, 3.63) is 95.6 Å². The van der Waals surface area contributed by atoms with Gasteiger partial charge in [-0.1, -0.05) is 68.7 Å². The molecule has 188 valence electrons. The maximum Gasteiger partial charge on any atom is 0.261 e. The highest BCUT2D eigenvalue weighted by Crippen LogP contribution is 2.19. The molecule has 0 aromatic heterocycles. The molecule has 2 amide bonds. The summed E-state index contributed by atoms with van der Waals surface area (Å²) in [5.41, 5.74) is 2.65. The fraction of sp³-hybridized carbons (Fsp3) is 0.276. The van der Waals surface area contributed by atoms with Gasteiger partial charge in [0.05, 0.1) is 18.2 Å². The Bertz CT molecular complexity index is 1150. The number of para-hydroxylation sites is 1. The Kier molecular flexibility index (Phi) is 10.5. The lowest BCUT2D eigenvalue weighted by Crippen LogP contribution is -2.34. The van der Waals surface area contributed by atoms with Gasteiger partial charge in [0, 0.05) is 11.3 Å². The summed E-state index contributed by atoms with van der Waals surface area (Å²) in [4.78, 5) is 25.4. The van der Waals surface area contributed by atoms with E-state index in [0.717, 1.165) is 24.8 Å². The van der Waals surface area contributed by atoms with Crippen LogP contribution in [0.4, 0.5) is 5.69 Å². The van der Waals surface area contributed by atoms with E-state index in [9.17, 15) is 9.59 Å². The molecule has 0 bridgehead atoms. The van der Waals surface area contributed by atoms with Gasteiger partial charge in [0.15, 0.2) is 5.11 Å². The van der Waals surface area contributed by atoms with Gasteiger partial charge in [0.2, 0.25) is 0 Å². The third kappa shape index (κ3) is 8.20. The molecule has 3 aromatic rings. The van der Waals surface area contributed by atoms with Crippen LogP contribution >= 0.6 is 12.2 Å². The number of hydrogen-bond donors (Lipinski definition) is 3. The van der Waals surface area contributed by atoms with Gasteiger partial charge in [-0.3, -0.25) is 14.9 Å². The molecule has 0 radical (unpaired) electrons. The second kappa shape index (κ2) is 14.0. The van der Waals surface area contributed by atoms with Gasteiger partial charge >= 0.3 is 0 Å². The van der Waals surface area contributed by atoms with E-state index in [1.165, 1.54) is 6.42 Å². The molecule has 0 saturated heterocycles. The van der Waals surface area contributed by atoms with E-state index in [0.29, 0.717) is 29.2 Å². The van der Waals surface area contributed by atoms with E-state index in [-0.39, 0.29) is 23.0 Å². The number of benzene rings is 3. The molecule has 3 rings (SSSR count). The number of carbonyl (C=O) groups excluding carboxylic acids is 2. The zero-order valence-electron chi connectivity index (χ0n) is 20.8. The lowest BCUT2D eigenvalue weighted by atomic mass is 10.1. The van der Waals surface area contributed by atoms with Crippen molar-refractivity contribution in [2.75, 3.05) is 11.9 Å². The topological polar surface area (TPSA) is 79.5 Å². The van der Waals surface area contributed by atoms with Crippen molar-refractivity contribution in [2.45, 2.75) is 45.6 Å². The number of unbranched alkanes of at least 4 members (excludes halogenated alkanes) is 3. The number of thiocarbonyl (C=S) groups is 1. The van der Waals surface area contributed by atoms with E-state index < -0.39 is 0 Å². The fourth-order valence-corrected chi connectivity index (χ4v) is 3.84. The smallest absolute Gasteiger partial charge is 0.261 e. The van der Waals surface area contributed by atoms with Crippen LogP contribution in [0.25, 0.3) is 0 Å². The van der Waals surface area contributed by atoms with E-state index in [4.69, 9.17) is 17.0 Å². The number of ether oxygens (including phenoxy) is 1. The first-order valence-corrected chi connectivity index (χ1v) is 12.7. The molecule has 1 atom stereocenters. The summed E-state index contributed by atoms with van der Waals surface area (Å²) >= 11 is 5.32. The van der Waals surface area contributed by atoms with Crippen LogP contribution in [0.2, 0.25) is 0 Å². The van der Waals surface area contributed by atoms with Gasteiger partial charge < -0.3 is 15.4 Å². The van der Waals surface area contributed by atoms with Gasteiger partial charge in [0.1, 0.15) is 5.75 Å². The summed E-state index contributed by atoms with van der Waals surface area (Å²) in [7, 11) is 0. The molecule has 0 fully saturated rings. The Labute approximate surface area is 218 Å². The fourth-order valence-electron chi connectivity index (χ4n) is 3.63. The zero-order chi connectivity index (χ0) is 25.8. The SMILES string of the molecule is CCCCCCOc1ccccc1C(=O)NC(=S)Nc1ccc(C(=O)NC(C)c2ccccc2)cc1. The zero-order valence-corrected chi connectivity index (χ0v) is 21.6. The van der Waals surface area contributed by atoms with Crippen LogP contribution in [-0.2, 0) is 0 Å². The van der Waals surface area contributed by atoms with E-state index >= 15 is 0 Å². The van der Waals surface area contributed by atoms with E-state index in [1.54, 1.807) is 42.5 Å². The summed E-state index contributed by atoms with van der Waals surface area (Å²) in [6.07, 6.45) is 4.38. The molecule has 1 unspecified atom stereocenters. The Morgan fingerprint density at radius 2 is 1.56 bits per heavy atom. The second-order valence-corrected chi connectivity index (χ2v) is 8.90. The molecule has 36 heavy (non-hydrogen) atoms. The van der Waals surface area contributed by atoms with Crippen molar-refractivity contribution < 1.29 is 14.3 Å². The number of anilines is 1. The molecule has 0 aliphatic heterocycles. The molecule has 0 heterocycles. The van der Waals surface area contributed by atoms with E-state index in [2.05, 4.69) is 22.9 Å². The maximum atomic E-state index is 12.8. The van der Waals surface area contributed by atoms with E-state index in [1.807, 2.05) is 43.3 Å². The van der Waals surface area contributed by atoms with Crippen molar-refractivity contribution in [3.63, 3.8) is 0 Å². The number of carbonyl (C=O) groups is 2. The molecule has 0 aliphatic carbocycles. The largest absolute Gasteiger partial charge is 0.493 e. The third-order valence-electron chi connectivity index (χ3n) is 5.67. The van der Waals surface area contributed by atoms with Crippen LogP contribution in [0, 0.1) is 0 Å². The maximum absolute atomic E-state index is 12.8. The van der Waals surface area contributed by atoms with Gasteiger partial charge in [-0.15, -0.1) is 0 Å². The van der Waals surface area contributed by atoms with Gasteiger partial charge in [-0.2, -0.15) is 0 Å². The summed E-state index contributed by atoms with van der Waals surface area (Å²) in [5, 5.41) is 8.84. The molecule has 0 spiro atoms. The average molecular weight is 504 g/mol. The van der Waals surface area contributed by atoms with Crippen molar-refractivity contribution in [1.82, 2.24) is 10.6 Å². The number of rotatable bonds is 11. The highest BCUT2D eigenvalue weighted by molar-refractivity contribution is 7.80. The predicted molar refractivity (Wildman–Crippen MR) is 149 cm³/mol. The number of nitrogens with one attached hydrogen (secondary N) is 3. The number of amides is 2. The average Bonchev–Trinajstić information content (AvgIpc) is 2.89. The minimum Gasteiger partial charge on any atom is -0.493 e. The molecule has 7 heteroatoms. The first-order chi connectivity index (χ1) is 17.5. The van der Waals surface area contributed by atoms with Gasteiger partial charge in [0.25, 0.3) is 11.8 Å². The Hall–Kier alpha value is -3.71. The van der Waals surface area contributed by atoms with Crippen LogP contribution < -0.4 is 20.7 Å². The van der Waals surface area contributed by atoms with Crippen LogP contribution in [0.15, 0.2) is 78.9 Å². The first-order valence-electron chi connectivity index (χ1n) is 12.3. The molecule has 0 aliphatic rings. The highest BCUT2D eigenvalue weighted by Gasteiger charge is 2.14. The quantitative estimate of drug-likeness (QED) is 0.212. The molecule has 0 saturated carbocycles. The van der Waals surface area contributed by atoms with Gasteiger partial charge in [-0.05, 0) is 67.5 Å². The monoisotopic (exact) mass is 503 g/mol. The van der Waals surface area contributed by atoms with Crippen molar-refractivity contribution >= 4 is 34.8 Å². The van der Waals surface area contributed by atoms with Crippen LogP contribution in [-0.4, -0.2) is 23.5 Å². The molecular weight excluding hydrogens is 470 g/mol. The molecular formula is C29H33N3O3S. The van der Waals surface area contributed by atoms with Crippen molar-refractivity contribution in [2.24, 2.45) is 0 Å². The Balaban J connectivity index is 1.52. The molecule has 3 aromatic carbocycles. The van der Waals surface area contributed by atoms with Crippen molar-refractivity contribution in [1.29, 1.82) is 0 Å². The summed E-state index contributed by atoms with van der Waals surface area (Å²) in [6.45, 7) is 4.67. The lowest BCUT2D eigenvalue weighted by Gasteiger charge is -2.15. The minimum atomic E-state index is -0.345. The highest BCUT2D eigenvalue weighted by atomic mass is 32.1. The summed E-state index contributed by atoms with van der Waals surface area (Å²) in [5.74, 6) is 0.0250. The third-order valence-corrected chi connectivity index (χ3v) is 5.87. The number of hydrogen-bond acceptors (Lipinski definition) is 4. The van der Waals surface area contributed by atoms with Crippen molar-refractivity contribution in [3.8, 4) is 5.75 Å². The molecule has 3 N–H and O–H groups in total. The minimum absolute atomic E-state index is 0.109. The molecule has 6 nitrogen and oxygen atoms in total. The second-order valence-electron chi connectivity index (χ2n) is 8.50. The standard InChI is InChI=1S/C29H33N3O3S/c1-3-4-5-11-20-35-26-15-10-9-14-25(26)28(34)32-29(36)31-24-18-16-23(17-19-24)27(33)30-21(2)22-12-7-6-8-13-22/h6-10,12-19,21H,3-5,11,20H2,1-2H3,(H,30,33)(H2,31,32,34,36). The first kappa shape index (κ1) is 26.9. The Morgan fingerprint density at radius 3 is 2.28 bits per heavy atom. The Morgan fingerprint density at radius 1 is 0.861 bits per heavy atom. The van der Waals surface area contributed by atoms with Crippen LogP contribution in [0.1, 0.15) is 71.9 Å². The van der Waals surface area contributed by atoms with Crippen LogP contribution in [0.5, 0.6) is 5.75 Å². The predicted octanol–water partition coefficient (Wildman–Crippen LogP) is 6.26. The van der Waals surface area contributed by atoms with Crippen LogP contribution in [0.3, 0.4) is 0 Å². The summed E-state index contributed by atoms with van der Waals surface area (Å²) < 4.78 is 5.83. The lowest BCUT2D eigenvalue weighted by molar-refractivity contribution is 0.0938. The van der Waals surface area contributed by atoms with Gasteiger partial charge in [-0.25, -0.2) is 0 Å². The summed E-state index contributed by atoms with van der Waals surface area (Å²) in [6, 6.07) is 23.7. The normalized spacial score (nSPS) is 11.3.